The molecule has 0 atom stereocenters. The lowest BCUT2D eigenvalue weighted by Gasteiger charge is -2.17. The first-order valence-corrected chi connectivity index (χ1v) is 3.03. The van der Waals surface area contributed by atoms with E-state index in [4.69, 9.17) is 0 Å². The van der Waals surface area contributed by atoms with Gasteiger partial charge in [0.1, 0.15) is 0 Å². The fraction of sp³-hybridized carbons (Fsp3) is 0.571. The molecule has 0 unspecified atom stereocenters. The molecule has 9 heavy (non-hydrogen) atoms. The minimum atomic E-state index is -0.357. The molecule has 0 aromatic heterocycles. The van der Waals surface area contributed by atoms with Gasteiger partial charge < -0.3 is 5.32 Å². The van der Waals surface area contributed by atoms with Crippen LogP contribution in [-0.2, 0) is 4.79 Å². The normalized spacial score (nSPS) is 23.4. The van der Waals surface area contributed by atoms with E-state index in [0.29, 0.717) is 0 Å². The van der Waals surface area contributed by atoms with Gasteiger partial charge in [0.15, 0.2) is 5.78 Å². The third-order valence-electron chi connectivity index (χ3n) is 1.47. The van der Waals surface area contributed by atoms with E-state index in [-0.39, 0.29) is 11.3 Å². The highest BCUT2D eigenvalue weighted by Gasteiger charge is 2.30. The van der Waals surface area contributed by atoms with Gasteiger partial charge in [-0.3, -0.25) is 4.79 Å². The molecule has 0 fully saturated rings. The third-order valence-corrected chi connectivity index (χ3v) is 1.47. The molecular formula is C7H11NO. The van der Waals surface area contributed by atoms with Crippen molar-refractivity contribution in [3.8, 4) is 0 Å². The van der Waals surface area contributed by atoms with Gasteiger partial charge in [-0.2, -0.15) is 0 Å². The Kier molecular flexibility index (Phi) is 1.12. The fourth-order valence-corrected chi connectivity index (χ4v) is 0.968. The first-order valence-electron chi connectivity index (χ1n) is 3.03. The monoisotopic (exact) mass is 125 g/mol. The van der Waals surface area contributed by atoms with Crippen LogP contribution in [0.2, 0.25) is 0 Å². The van der Waals surface area contributed by atoms with E-state index in [9.17, 15) is 4.79 Å². The predicted octanol–water partition coefficient (Wildman–Crippen LogP) is 0.841. The van der Waals surface area contributed by atoms with Crippen LogP contribution >= 0.6 is 0 Å². The molecular weight excluding hydrogens is 114 g/mol. The molecule has 0 amide bonds. The van der Waals surface area contributed by atoms with E-state index in [1.807, 2.05) is 20.8 Å². The molecule has 0 aromatic rings. The summed E-state index contributed by atoms with van der Waals surface area (Å²) < 4.78 is 0. The van der Waals surface area contributed by atoms with E-state index < -0.39 is 0 Å². The van der Waals surface area contributed by atoms with Crippen molar-refractivity contribution in [1.29, 1.82) is 0 Å². The maximum absolute atomic E-state index is 11.0. The zero-order chi connectivity index (χ0) is 7.07. The van der Waals surface area contributed by atoms with E-state index in [1.165, 1.54) is 0 Å². The first-order chi connectivity index (χ1) is 4.02. The summed E-state index contributed by atoms with van der Waals surface area (Å²) in [6.07, 6.45) is 1.64. The van der Waals surface area contributed by atoms with Gasteiger partial charge in [0, 0.05) is 11.8 Å². The number of allylic oxidation sites excluding steroid dienone is 1. The molecule has 2 nitrogen and oxygen atoms in total. The smallest absolute Gasteiger partial charge is 0.182 e. The maximum Gasteiger partial charge on any atom is 0.182 e. The molecule has 1 aliphatic heterocycles. The molecule has 1 rings (SSSR count). The molecule has 1 N–H and O–H groups in total. The van der Waals surface area contributed by atoms with E-state index >= 15 is 0 Å². The molecule has 50 valence electrons. The number of nitrogens with one attached hydrogen (secondary N) is 1. The second kappa shape index (κ2) is 1.59. The fourth-order valence-electron chi connectivity index (χ4n) is 0.968. The average Bonchev–Trinajstić information content (AvgIpc) is 1.79. The van der Waals surface area contributed by atoms with E-state index in [0.717, 1.165) is 5.70 Å². The minimum absolute atomic E-state index is 0.167. The molecule has 0 saturated carbocycles. The number of hydrogen-bond donors (Lipinski definition) is 1. The lowest BCUT2D eigenvalue weighted by molar-refractivity contribution is -0.118. The van der Waals surface area contributed by atoms with Gasteiger partial charge in [0.05, 0.1) is 5.54 Å². The van der Waals surface area contributed by atoms with Crippen LogP contribution in [0.3, 0.4) is 0 Å². The quantitative estimate of drug-likeness (QED) is 0.519. The van der Waals surface area contributed by atoms with Crippen LogP contribution in [0.1, 0.15) is 20.8 Å². The van der Waals surface area contributed by atoms with Gasteiger partial charge in [-0.05, 0) is 20.8 Å². The number of ketones is 1. The number of carbonyl (C=O) groups is 1. The van der Waals surface area contributed by atoms with Crippen LogP contribution in [0.4, 0.5) is 0 Å². The second-order valence-corrected chi connectivity index (χ2v) is 2.94. The Morgan fingerprint density at radius 3 is 2.22 bits per heavy atom. The summed E-state index contributed by atoms with van der Waals surface area (Å²) in [6, 6.07) is 0. The van der Waals surface area contributed by atoms with Gasteiger partial charge in [0.2, 0.25) is 0 Å². The molecule has 0 bridgehead atoms. The van der Waals surface area contributed by atoms with Gasteiger partial charge in [-0.25, -0.2) is 0 Å². The Hall–Kier alpha value is -0.790. The second-order valence-electron chi connectivity index (χ2n) is 2.94. The number of carbonyl (C=O) groups excluding carboxylic acids is 1. The summed E-state index contributed by atoms with van der Waals surface area (Å²) in [5, 5.41) is 3.05. The molecule has 1 aliphatic rings. The Bertz CT molecular complexity index is 179. The Balaban J connectivity index is 2.84. The first kappa shape index (κ1) is 6.33. The van der Waals surface area contributed by atoms with Crippen LogP contribution in [0.15, 0.2) is 11.8 Å². The minimum Gasteiger partial charge on any atom is -0.376 e. The lowest BCUT2D eigenvalue weighted by Crippen LogP contribution is -2.39. The molecule has 0 radical (unpaired) electrons. The zero-order valence-corrected chi connectivity index (χ0v) is 5.99. The Labute approximate surface area is 54.9 Å². The van der Waals surface area contributed by atoms with E-state index in [1.54, 1.807) is 6.08 Å². The van der Waals surface area contributed by atoms with Crippen molar-refractivity contribution in [2.75, 3.05) is 0 Å². The summed E-state index contributed by atoms with van der Waals surface area (Å²) in [5.41, 5.74) is 0.606. The standard InChI is InChI=1S/C7H11NO/c1-5-4-6(9)7(2,3)8-5/h4,8H,1-3H3. The molecule has 1 heterocycles. The van der Waals surface area contributed by atoms with Gasteiger partial charge >= 0.3 is 0 Å². The molecule has 0 aromatic carbocycles. The summed E-state index contributed by atoms with van der Waals surface area (Å²) in [4.78, 5) is 11.0. The molecule has 0 aliphatic carbocycles. The van der Waals surface area contributed by atoms with Crippen molar-refractivity contribution >= 4 is 5.78 Å². The largest absolute Gasteiger partial charge is 0.376 e. The molecule has 2 heteroatoms. The summed E-state index contributed by atoms with van der Waals surface area (Å²) in [5.74, 6) is 0.167. The predicted molar refractivity (Wildman–Crippen MR) is 36.0 cm³/mol. The van der Waals surface area contributed by atoms with Gasteiger partial charge in [-0.15, -0.1) is 0 Å². The molecule has 0 saturated heterocycles. The van der Waals surface area contributed by atoms with Crippen LogP contribution in [0.25, 0.3) is 0 Å². The Morgan fingerprint density at radius 2 is 2.11 bits per heavy atom. The van der Waals surface area contributed by atoms with Crippen LogP contribution < -0.4 is 5.32 Å². The number of hydrogen-bond acceptors (Lipinski definition) is 2. The highest BCUT2D eigenvalue weighted by molar-refractivity contribution is 6.00. The highest BCUT2D eigenvalue weighted by Crippen LogP contribution is 2.14. The average molecular weight is 125 g/mol. The van der Waals surface area contributed by atoms with Crippen molar-refractivity contribution in [3.63, 3.8) is 0 Å². The van der Waals surface area contributed by atoms with Crippen molar-refractivity contribution < 1.29 is 4.79 Å². The number of rotatable bonds is 0. The molecule has 0 spiro atoms. The third kappa shape index (κ3) is 0.969. The maximum atomic E-state index is 11.0. The Morgan fingerprint density at radius 1 is 1.56 bits per heavy atom. The van der Waals surface area contributed by atoms with Crippen molar-refractivity contribution in [2.45, 2.75) is 26.3 Å². The van der Waals surface area contributed by atoms with Crippen LogP contribution in [0.5, 0.6) is 0 Å². The van der Waals surface area contributed by atoms with Crippen molar-refractivity contribution in [3.05, 3.63) is 11.8 Å². The van der Waals surface area contributed by atoms with E-state index in [2.05, 4.69) is 5.32 Å². The topological polar surface area (TPSA) is 29.1 Å². The van der Waals surface area contributed by atoms with Crippen LogP contribution in [-0.4, -0.2) is 11.3 Å². The van der Waals surface area contributed by atoms with Crippen molar-refractivity contribution in [2.24, 2.45) is 0 Å². The van der Waals surface area contributed by atoms with Crippen LogP contribution in [0, 0.1) is 0 Å². The lowest BCUT2D eigenvalue weighted by atomic mass is 10.0. The summed E-state index contributed by atoms with van der Waals surface area (Å²) in [7, 11) is 0. The van der Waals surface area contributed by atoms with Gasteiger partial charge in [0.25, 0.3) is 0 Å². The SMILES string of the molecule is CC1=CC(=O)C(C)(C)N1. The summed E-state index contributed by atoms with van der Waals surface area (Å²) >= 11 is 0. The van der Waals surface area contributed by atoms with Gasteiger partial charge in [-0.1, -0.05) is 0 Å². The van der Waals surface area contributed by atoms with Crippen molar-refractivity contribution in [1.82, 2.24) is 5.32 Å². The zero-order valence-electron chi connectivity index (χ0n) is 5.99. The summed E-state index contributed by atoms with van der Waals surface area (Å²) in [6.45, 7) is 5.65. The highest BCUT2D eigenvalue weighted by atomic mass is 16.1.